The van der Waals surface area contributed by atoms with Gasteiger partial charge in [0.1, 0.15) is 11.6 Å². The first-order valence-electron chi connectivity index (χ1n) is 5.47. The van der Waals surface area contributed by atoms with Crippen LogP contribution in [0.1, 0.15) is 10.4 Å². The molecular weight excluding hydrogens is 288 g/mol. The summed E-state index contributed by atoms with van der Waals surface area (Å²) >= 11 is 0. The molecule has 0 heterocycles. The highest BCUT2D eigenvalue weighted by Crippen LogP contribution is 2.11. The van der Waals surface area contributed by atoms with Gasteiger partial charge in [-0.25, -0.2) is 21.9 Å². The Morgan fingerprint density at radius 2 is 1.50 bits per heavy atom. The second kappa shape index (κ2) is 5.38. The maximum atomic E-state index is 13.0. The summed E-state index contributed by atoms with van der Waals surface area (Å²) in [5.74, 6) is -3.04. The van der Waals surface area contributed by atoms with E-state index in [1.807, 2.05) is 0 Å². The second-order valence-corrected chi connectivity index (χ2v) is 5.59. The van der Waals surface area contributed by atoms with Gasteiger partial charge in [-0.3, -0.25) is 4.79 Å². The van der Waals surface area contributed by atoms with Gasteiger partial charge >= 0.3 is 0 Å². The fourth-order valence-corrected chi connectivity index (χ4v) is 2.52. The van der Waals surface area contributed by atoms with E-state index in [0.29, 0.717) is 6.07 Å². The van der Waals surface area contributed by atoms with Gasteiger partial charge in [0, 0.05) is 11.6 Å². The van der Waals surface area contributed by atoms with E-state index in [-0.39, 0.29) is 4.90 Å². The lowest BCUT2D eigenvalue weighted by Gasteiger charge is -2.07. The molecule has 2 aromatic carbocycles. The zero-order chi connectivity index (χ0) is 14.8. The molecule has 104 valence electrons. The Morgan fingerprint density at radius 3 is 2.05 bits per heavy atom. The molecule has 0 spiro atoms. The first-order valence-corrected chi connectivity index (χ1v) is 6.95. The number of rotatable bonds is 3. The van der Waals surface area contributed by atoms with Crippen LogP contribution in [-0.2, 0) is 10.0 Å². The minimum Gasteiger partial charge on any atom is -0.268 e. The van der Waals surface area contributed by atoms with Crippen LogP contribution in [0.5, 0.6) is 0 Å². The van der Waals surface area contributed by atoms with E-state index in [1.54, 1.807) is 10.8 Å². The van der Waals surface area contributed by atoms with Crippen LogP contribution in [0.15, 0.2) is 53.4 Å². The highest BCUT2D eigenvalue weighted by Gasteiger charge is 2.19. The highest BCUT2D eigenvalue weighted by molar-refractivity contribution is 7.90. The quantitative estimate of drug-likeness (QED) is 0.943. The van der Waals surface area contributed by atoms with Crippen molar-refractivity contribution in [2.24, 2.45) is 0 Å². The van der Waals surface area contributed by atoms with E-state index in [2.05, 4.69) is 0 Å². The van der Waals surface area contributed by atoms with E-state index < -0.39 is 33.1 Å². The normalized spacial score (nSPS) is 11.1. The summed E-state index contributed by atoms with van der Waals surface area (Å²) in [4.78, 5) is 11.6. The van der Waals surface area contributed by atoms with Gasteiger partial charge in [0.25, 0.3) is 15.9 Å². The zero-order valence-electron chi connectivity index (χ0n) is 10.0. The summed E-state index contributed by atoms with van der Waals surface area (Å²) in [6, 6.07) is 9.26. The molecule has 0 atom stereocenters. The van der Waals surface area contributed by atoms with Crippen molar-refractivity contribution in [3.63, 3.8) is 0 Å². The van der Waals surface area contributed by atoms with Crippen LogP contribution in [0.3, 0.4) is 0 Å². The average molecular weight is 297 g/mol. The summed E-state index contributed by atoms with van der Waals surface area (Å²) < 4.78 is 51.4. The first-order chi connectivity index (χ1) is 9.38. The predicted molar refractivity (Wildman–Crippen MR) is 67.5 cm³/mol. The van der Waals surface area contributed by atoms with Crippen molar-refractivity contribution in [3.05, 3.63) is 65.7 Å². The smallest absolute Gasteiger partial charge is 0.265 e. The molecule has 0 aromatic heterocycles. The van der Waals surface area contributed by atoms with Gasteiger partial charge in [0.2, 0.25) is 0 Å². The molecule has 0 saturated carbocycles. The molecule has 20 heavy (non-hydrogen) atoms. The van der Waals surface area contributed by atoms with Crippen molar-refractivity contribution >= 4 is 15.9 Å². The first kappa shape index (κ1) is 14.1. The third-order valence-corrected chi connectivity index (χ3v) is 3.75. The number of amides is 1. The lowest BCUT2D eigenvalue weighted by Crippen LogP contribution is -2.30. The van der Waals surface area contributed by atoms with Crippen molar-refractivity contribution in [2.75, 3.05) is 0 Å². The Hall–Kier alpha value is -2.28. The number of carbonyl (C=O) groups excluding carboxylic acids is 1. The van der Waals surface area contributed by atoms with E-state index in [4.69, 9.17) is 0 Å². The molecule has 0 radical (unpaired) electrons. The molecule has 0 aliphatic rings. The molecule has 0 bridgehead atoms. The monoisotopic (exact) mass is 297 g/mol. The van der Waals surface area contributed by atoms with E-state index >= 15 is 0 Å². The van der Waals surface area contributed by atoms with Crippen molar-refractivity contribution in [1.82, 2.24) is 4.72 Å². The topological polar surface area (TPSA) is 63.2 Å². The molecular formula is C13H9F2NO3S. The molecule has 0 aliphatic carbocycles. The van der Waals surface area contributed by atoms with Gasteiger partial charge in [-0.15, -0.1) is 0 Å². The van der Waals surface area contributed by atoms with Crippen LogP contribution in [0.25, 0.3) is 0 Å². The van der Waals surface area contributed by atoms with Crippen LogP contribution in [0.2, 0.25) is 0 Å². The van der Waals surface area contributed by atoms with Gasteiger partial charge in [0.15, 0.2) is 0 Å². The van der Waals surface area contributed by atoms with E-state index in [9.17, 15) is 22.0 Å². The molecule has 2 aromatic rings. The summed E-state index contributed by atoms with van der Waals surface area (Å²) in [7, 11) is -4.08. The largest absolute Gasteiger partial charge is 0.268 e. The molecule has 4 nitrogen and oxygen atoms in total. The van der Waals surface area contributed by atoms with Crippen molar-refractivity contribution < 1.29 is 22.0 Å². The Bertz CT molecular complexity index is 725. The molecule has 7 heteroatoms. The molecule has 1 N–H and O–H groups in total. The van der Waals surface area contributed by atoms with Gasteiger partial charge in [-0.2, -0.15) is 0 Å². The van der Waals surface area contributed by atoms with Crippen molar-refractivity contribution in [3.8, 4) is 0 Å². The van der Waals surface area contributed by atoms with Gasteiger partial charge in [0.05, 0.1) is 4.90 Å². The number of hydrogen-bond acceptors (Lipinski definition) is 3. The highest BCUT2D eigenvalue weighted by atomic mass is 32.2. The lowest BCUT2D eigenvalue weighted by atomic mass is 10.2. The predicted octanol–water partition coefficient (Wildman–Crippen LogP) is 2.08. The maximum absolute atomic E-state index is 13.0. The maximum Gasteiger partial charge on any atom is 0.265 e. The van der Waals surface area contributed by atoms with Crippen molar-refractivity contribution in [2.45, 2.75) is 4.90 Å². The molecule has 2 rings (SSSR count). The standard InChI is InChI=1S/C13H9F2NO3S/c14-10-6-9(7-11(15)8-10)13(17)16-20(18,19)12-4-2-1-3-5-12/h1-8H,(H,16,17). The minimum atomic E-state index is -4.08. The average Bonchev–Trinajstić information content (AvgIpc) is 2.38. The third-order valence-electron chi connectivity index (χ3n) is 2.41. The Balaban J connectivity index is 2.28. The van der Waals surface area contributed by atoms with Crippen molar-refractivity contribution in [1.29, 1.82) is 0 Å². The lowest BCUT2D eigenvalue weighted by molar-refractivity contribution is 0.0980. The number of sulfonamides is 1. The Kier molecular flexibility index (Phi) is 3.80. The van der Waals surface area contributed by atoms with Gasteiger partial charge in [-0.05, 0) is 24.3 Å². The number of benzene rings is 2. The van der Waals surface area contributed by atoms with Gasteiger partial charge < -0.3 is 0 Å². The second-order valence-electron chi connectivity index (χ2n) is 3.91. The summed E-state index contributed by atoms with van der Waals surface area (Å²) in [6.45, 7) is 0. The summed E-state index contributed by atoms with van der Waals surface area (Å²) in [5.41, 5.74) is -0.415. The van der Waals surface area contributed by atoms with Crippen LogP contribution in [0.4, 0.5) is 8.78 Å². The molecule has 1 amide bonds. The summed E-state index contributed by atoms with van der Waals surface area (Å²) in [5, 5.41) is 0. The number of halogens is 2. The van der Waals surface area contributed by atoms with Crippen LogP contribution < -0.4 is 4.72 Å². The summed E-state index contributed by atoms with van der Waals surface area (Å²) in [6.07, 6.45) is 0. The number of nitrogens with one attached hydrogen (secondary N) is 1. The molecule has 0 saturated heterocycles. The van der Waals surface area contributed by atoms with Crippen LogP contribution in [0, 0.1) is 11.6 Å². The number of carbonyl (C=O) groups is 1. The Morgan fingerprint density at radius 1 is 0.950 bits per heavy atom. The SMILES string of the molecule is O=C(NS(=O)(=O)c1ccccc1)c1cc(F)cc(F)c1. The number of hydrogen-bond donors (Lipinski definition) is 1. The van der Waals surface area contributed by atoms with E-state index in [0.717, 1.165) is 12.1 Å². The molecule has 0 aliphatic heterocycles. The zero-order valence-corrected chi connectivity index (χ0v) is 10.8. The fourth-order valence-electron chi connectivity index (χ4n) is 1.52. The molecule has 0 unspecified atom stereocenters. The molecule has 0 fully saturated rings. The fraction of sp³-hybridized carbons (Fsp3) is 0. The third kappa shape index (κ3) is 3.18. The Labute approximate surface area is 114 Å². The van der Waals surface area contributed by atoms with E-state index in [1.165, 1.54) is 24.3 Å². The van der Waals surface area contributed by atoms with Crippen LogP contribution >= 0.6 is 0 Å². The minimum absolute atomic E-state index is 0.120. The van der Waals surface area contributed by atoms with Gasteiger partial charge in [-0.1, -0.05) is 18.2 Å². The van der Waals surface area contributed by atoms with Crippen LogP contribution in [-0.4, -0.2) is 14.3 Å².